The summed E-state index contributed by atoms with van der Waals surface area (Å²) in [5.74, 6) is 0. The molecule has 2 aromatic rings. The minimum absolute atomic E-state index is 0.633. The number of halogens is 2. The zero-order valence-corrected chi connectivity index (χ0v) is 15.4. The SMILES string of the molecule is CCN(C)/C=N\c1cc(C)cc(N(C)c2ccc(Cl)cc2)c1Cl. The van der Waals surface area contributed by atoms with E-state index in [-0.39, 0.29) is 0 Å². The summed E-state index contributed by atoms with van der Waals surface area (Å²) in [4.78, 5) is 8.55. The van der Waals surface area contributed by atoms with Crippen molar-refractivity contribution in [2.24, 2.45) is 4.99 Å². The molecule has 2 rings (SSSR count). The third-order valence-corrected chi connectivity index (χ3v) is 4.29. The lowest BCUT2D eigenvalue weighted by Gasteiger charge is -2.22. The molecule has 0 saturated carbocycles. The Kier molecular flexibility index (Phi) is 5.91. The van der Waals surface area contributed by atoms with Gasteiger partial charge in [0.25, 0.3) is 0 Å². The summed E-state index contributed by atoms with van der Waals surface area (Å²) in [5, 5.41) is 1.35. The van der Waals surface area contributed by atoms with Crippen molar-refractivity contribution in [3.8, 4) is 0 Å². The molecule has 0 bridgehead atoms. The number of anilines is 2. The Morgan fingerprint density at radius 2 is 1.74 bits per heavy atom. The molecule has 122 valence electrons. The second-order valence-electron chi connectivity index (χ2n) is 5.47. The minimum Gasteiger partial charge on any atom is -0.366 e. The topological polar surface area (TPSA) is 18.8 Å². The average Bonchev–Trinajstić information content (AvgIpc) is 2.55. The molecule has 0 aliphatic carbocycles. The Labute approximate surface area is 148 Å². The quantitative estimate of drug-likeness (QED) is 0.510. The Hall–Kier alpha value is -1.71. The van der Waals surface area contributed by atoms with Gasteiger partial charge in [-0.15, -0.1) is 0 Å². The van der Waals surface area contributed by atoms with Crippen molar-refractivity contribution in [1.82, 2.24) is 4.90 Å². The number of hydrogen-bond donors (Lipinski definition) is 0. The number of benzene rings is 2. The lowest BCUT2D eigenvalue weighted by atomic mass is 10.1. The Balaban J connectivity index is 2.40. The van der Waals surface area contributed by atoms with E-state index in [2.05, 4.69) is 18.0 Å². The third kappa shape index (κ3) is 4.40. The van der Waals surface area contributed by atoms with E-state index < -0.39 is 0 Å². The van der Waals surface area contributed by atoms with Crippen LogP contribution in [-0.4, -0.2) is 31.9 Å². The van der Waals surface area contributed by atoms with Crippen molar-refractivity contribution in [3.63, 3.8) is 0 Å². The molecule has 5 heteroatoms. The van der Waals surface area contributed by atoms with Crippen LogP contribution in [0.4, 0.5) is 17.1 Å². The zero-order chi connectivity index (χ0) is 17.0. The maximum Gasteiger partial charge on any atom is 0.0910 e. The second-order valence-corrected chi connectivity index (χ2v) is 6.28. The smallest absolute Gasteiger partial charge is 0.0910 e. The summed E-state index contributed by atoms with van der Waals surface area (Å²) < 4.78 is 0. The maximum absolute atomic E-state index is 6.58. The molecule has 0 aromatic heterocycles. The monoisotopic (exact) mass is 349 g/mol. The number of hydrogen-bond acceptors (Lipinski definition) is 2. The van der Waals surface area contributed by atoms with E-state index in [1.165, 1.54) is 0 Å². The first kappa shape index (κ1) is 17.6. The van der Waals surface area contributed by atoms with Gasteiger partial charge < -0.3 is 9.80 Å². The summed E-state index contributed by atoms with van der Waals surface area (Å²) >= 11 is 12.5. The molecule has 2 aromatic carbocycles. The van der Waals surface area contributed by atoms with Crippen molar-refractivity contribution in [1.29, 1.82) is 0 Å². The van der Waals surface area contributed by atoms with Crippen LogP contribution in [0.25, 0.3) is 0 Å². The van der Waals surface area contributed by atoms with Crippen molar-refractivity contribution < 1.29 is 0 Å². The van der Waals surface area contributed by atoms with E-state index in [0.717, 1.165) is 29.2 Å². The molecule has 0 aliphatic heterocycles. The van der Waals surface area contributed by atoms with E-state index in [9.17, 15) is 0 Å². The molecular weight excluding hydrogens is 329 g/mol. The van der Waals surface area contributed by atoms with Crippen molar-refractivity contribution in [3.05, 3.63) is 52.0 Å². The predicted octanol–water partition coefficient (Wildman–Crippen LogP) is 5.68. The largest absolute Gasteiger partial charge is 0.366 e. The van der Waals surface area contributed by atoms with Gasteiger partial charge in [-0.05, 0) is 55.8 Å². The van der Waals surface area contributed by atoms with Gasteiger partial charge in [-0.3, -0.25) is 0 Å². The second kappa shape index (κ2) is 7.71. The summed E-state index contributed by atoms with van der Waals surface area (Å²) in [7, 11) is 3.96. The highest BCUT2D eigenvalue weighted by atomic mass is 35.5. The molecule has 3 nitrogen and oxygen atoms in total. The number of aliphatic imine (C=N–C) groups is 1. The highest BCUT2D eigenvalue weighted by Gasteiger charge is 2.13. The van der Waals surface area contributed by atoms with E-state index in [4.69, 9.17) is 23.2 Å². The van der Waals surface area contributed by atoms with E-state index in [0.29, 0.717) is 10.0 Å². The van der Waals surface area contributed by atoms with Gasteiger partial charge in [0.1, 0.15) is 0 Å². The Morgan fingerprint density at radius 1 is 1.09 bits per heavy atom. The molecular formula is C18H21Cl2N3. The van der Waals surface area contributed by atoms with Crippen LogP contribution in [0, 0.1) is 6.92 Å². The van der Waals surface area contributed by atoms with E-state index in [1.807, 2.05) is 61.2 Å². The van der Waals surface area contributed by atoms with Crippen LogP contribution < -0.4 is 4.90 Å². The Bertz CT molecular complexity index is 696. The van der Waals surface area contributed by atoms with Gasteiger partial charge in [-0.2, -0.15) is 0 Å². The maximum atomic E-state index is 6.58. The normalized spacial score (nSPS) is 11.0. The zero-order valence-electron chi connectivity index (χ0n) is 13.8. The molecule has 0 amide bonds. The minimum atomic E-state index is 0.633. The van der Waals surface area contributed by atoms with E-state index in [1.54, 1.807) is 6.34 Å². The van der Waals surface area contributed by atoms with Gasteiger partial charge in [0.15, 0.2) is 0 Å². The number of rotatable bonds is 5. The summed E-state index contributed by atoms with van der Waals surface area (Å²) in [6.07, 6.45) is 1.80. The van der Waals surface area contributed by atoms with Crippen LogP contribution in [0.5, 0.6) is 0 Å². The van der Waals surface area contributed by atoms with Crippen LogP contribution in [-0.2, 0) is 0 Å². The van der Waals surface area contributed by atoms with Crippen LogP contribution in [0.15, 0.2) is 41.4 Å². The van der Waals surface area contributed by atoms with Crippen molar-refractivity contribution in [2.45, 2.75) is 13.8 Å². The lowest BCUT2D eigenvalue weighted by molar-refractivity contribution is 0.552. The summed E-state index contributed by atoms with van der Waals surface area (Å²) in [6, 6.07) is 11.7. The van der Waals surface area contributed by atoms with Crippen LogP contribution >= 0.6 is 23.2 Å². The molecule has 0 heterocycles. The van der Waals surface area contributed by atoms with Crippen LogP contribution in [0.1, 0.15) is 12.5 Å². The third-order valence-electron chi connectivity index (χ3n) is 3.65. The molecule has 0 unspecified atom stereocenters. The van der Waals surface area contributed by atoms with Crippen molar-refractivity contribution >= 4 is 46.6 Å². The molecule has 0 fully saturated rings. The summed E-state index contributed by atoms with van der Waals surface area (Å²) in [6.45, 7) is 5.01. The molecule has 0 atom stereocenters. The highest BCUT2D eigenvalue weighted by molar-refractivity contribution is 6.36. The molecule has 0 spiro atoms. The summed E-state index contributed by atoms with van der Waals surface area (Å²) in [5.41, 5.74) is 3.81. The van der Waals surface area contributed by atoms with Crippen LogP contribution in [0.2, 0.25) is 10.0 Å². The fourth-order valence-corrected chi connectivity index (χ4v) is 2.53. The predicted molar refractivity (Wildman–Crippen MR) is 102 cm³/mol. The lowest BCUT2D eigenvalue weighted by Crippen LogP contribution is -2.14. The first-order valence-electron chi connectivity index (χ1n) is 7.46. The van der Waals surface area contributed by atoms with Gasteiger partial charge in [0.2, 0.25) is 0 Å². The Morgan fingerprint density at radius 3 is 2.35 bits per heavy atom. The molecule has 0 radical (unpaired) electrons. The molecule has 0 N–H and O–H groups in total. The van der Waals surface area contributed by atoms with Crippen LogP contribution in [0.3, 0.4) is 0 Å². The fraction of sp³-hybridized carbons (Fsp3) is 0.278. The number of nitrogens with zero attached hydrogens (tertiary/aromatic N) is 3. The molecule has 23 heavy (non-hydrogen) atoms. The standard InChI is InChI=1S/C18H21Cl2N3/c1-5-22(3)12-21-16-10-13(2)11-17(18(16)20)23(4)15-8-6-14(19)7-9-15/h6-12H,5H2,1-4H3/b21-12-. The fourth-order valence-electron chi connectivity index (χ4n) is 2.12. The van der Waals surface area contributed by atoms with Crippen molar-refractivity contribution in [2.75, 3.05) is 25.5 Å². The van der Waals surface area contributed by atoms with Gasteiger partial charge in [0, 0.05) is 31.4 Å². The molecule has 0 aliphatic rings. The number of aryl methyl sites for hydroxylation is 1. The van der Waals surface area contributed by atoms with Gasteiger partial charge in [-0.25, -0.2) is 4.99 Å². The van der Waals surface area contributed by atoms with Gasteiger partial charge in [-0.1, -0.05) is 23.2 Å². The first-order valence-corrected chi connectivity index (χ1v) is 8.21. The first-order chi connectivity index (χ1) is 10.9. The van der Waals surface area contributed by atoms with Gasteiger partial charge in [0.05, 0.1) is 22.7 Å². The molecule has 0 saturated heterocycles. The highest BCUT2D eigenvalue weighted by Crippen LogP contribution is 2.38. The van der Waals surface area contributed by atoms with E-state index >= 15 is 0 Å². The van der Waals surface area contributed by atoms with Gasteiger partial charge >= 0.3 is 0 Å². The average molecular weight is 350 g/mol.